The maximum atomic E-state index is 11.8. The molecule has 0 aromatic heterocycles. The summed E-state index contributed by atoms with van der Waals surface area (Å²) in [6.45, 7) is 3.09. The van der Waals surface area contributed by atoms with Gasteiger partial charge in [-0.05, 0) is 19.4 Å². The molecule has 1 aliphatic rings. The Morgan fingerprint density at radius 3 is 2.94 bits per heavy atom. The number of nitrogens with zero attached hydrogens (tertiary/aromatic N) is 1. The molecule has 4 nitrogen and oxygen atoms in total. The third-order valence-electron chi connectivity index (χ3n) is 3.28. The predicted molar refractivity (Wildman–Crippen MR) is 68.3 cm³/mol. The van der Waals surface area contributed by atoms with Crippen LogP contribution in [0.2, 0.25) is 0 Å². The van der Waals surface area contributed by atoms with Gasteiger partial charge in [0, 0.05) is 18.5 Å². The molecular weight excluding hydrogens is 230 g/mol. The number of carbonyl (C=O) groups is 1. The molecule has 1 unspecified atom stereocenters. The minimum atomic E-state index is -0.0489. The average molecular weight is 249 g/mol. The Labute approximate surface area is 107 Å². The summed E-state index contributed by atoms with van der Waals surface area (Å²) in [4.78, 5) is 13.5. The lowest BCUT2D eigenvalue weighted by Gasteiger charge is -2.24. The van der Waals surface area contributed by atoms with Crippen molar-refractivity contribution >= 4 is 5.91 Å². The third kappa shape index (κ3) is 2.64. The summed E-state index contributed by atoms with van der Waals surface area (Å²) in [6.07, 6.45) is 1.27. The van der Waals surface area contributed by atoms with Crippen molar-refractivity contribution in [3.63, 3.8) is 0 Å². The molecule has 1 amide bonds. The molecule has 0 aliphatic carbocycles. The third-order valence-corrected chi connectivity index (χ3v) is 3.28. The van der Waals surface area contributed by atoms with Crippen molar-refractivity contribution in [1.29, 1.82) is 0 Å². The summed E-state index contributed by atoms with van der Waals surface area (Å²) in [6, 6.07) is 7.68. The number of hydrogen-bond acceptors (Lipinski definition) is 3. The molecular formula is C14H19NO3. The molecule has 1 N–H and O–H groups in total. The molecule has 4 heteroatoms. The van der Waals surface area contributed by atoms with Crippen LogP contribution in [-0.4, -0.2) is 35.2 Å². The zero-order valence-corrected chi connectivity index (χ0v) is 10.6. The van der Waals surface area contributed by atoms with E-state index in [-0.39, 0.29) is 18.6 Å². The van der Waals surface area contributed by atoms with Gasteiger partial charge in [-0.25, -0.2) is 0 Å². The number of amides is 1. The van der Waals surface area contributed by atoms with E-state index in [1.54, 1.807) is 4.90 Å². The van der Waals surface area contributed by atoms with Gasteiger partial charge in [-0.2, -0.15) is 0 Å². The highest BCUT2D eigenvalue weighted by molar-refractivity contribution is 5.78. The minimum Gasteiger partial charge on any atom is -0.494 e. The van der Waals surface area contributed by atoms with Crippen molar-refractivity contribution in [2.45, 2.75) is 32.4 Å². The summed E-state index contributed by atoms with van der Waals surface area (Å²) in [5.74, 6) is 0.928. The zero-order valence-electron chi connectivity index (χ0n) is 10.6. The summed E-state index contributed by atoms with van der Waals surface area (Å²) in [5, 5.41) is 9.28. The largest absolute Gasteiger partial charge is 0.494 e. The SMILES string of the molecule is CCOc1ccccc1CN1C(=O)CCC1CO. The van der Waals surface area contributed by atoms with Gasteiger partial charge in [-0.3, -0.25) is 4.79 Å². The van der Waals surface area contributed by atoms with Crippen LogP contribution in [-0.2, 0) is 11.3 Å². The standard InChI is InChI=1S/C14H19NO3/c1-2-18-13-6-4-3-5-11(13)9-15-12(10-16)7-8-14(15)17/h3-6,12,16H,2,7-10H2,1H3. The number of likely N-dealkylation sites (tertiary alicyclic amines) is 1. The molecule has 1 aromatic carbocycles. The van der Waals surface area contributed by atoms with Gasteiger partial charge in [0.25, 0.3) is 0 Å². The Bertz CT molecular complexity index is 419. The van der Waals surface area contributed by atoms with E-state index >= 15 is 0 Å². The Morgan fingerprint density at radius 2 is 2.22 bits per heavy atom. The van der Waals surface area contributed by atoms with Gasteiger partial charge in [0.05, 0.1) is 19.3 Å². The summed E-state index contributed by atoms with van der Waals surface area (Å²) < 4.78 is 5.55. The van der Waals surface area contributed by atoms with E-state index in [0.717, 1.165) is 17.7 Å². The van der Waals surface area contributed by atoms with Crippen molar-refractivity contribution < 1.29 is 14.6 Å². The molecule has 0 bridgehead atoms. The summed E-state index contributed by atoms with van der Waals surface area (Å²) >= 11 is 0. The summed E-state index contributed by atoms with van der Waals surface area (Å²) in [7, 11) is 0. The molecule has 1 heterocycles. The molecule has 1 fully saturated rings. The molecule has 0 radical (unpaired) electrons. The fourth-order valence-electron chi connectivity index (χ4n) is 2.31. The highest BCUT2D eigenvalue weighted by Gasteiger charge is 2.30. The molecule has 1 aromatic rings. The lowest BCUT2D eigenvalue weighted by atomic mass is 10.1. The van der Waals surface area contributed by atoms with Crippen LogP contribution in [0.15, 0.2) is 24.3 Å². The monoisotopic (exact) mass is 249 g/mol. The van der Waals surface area contributed by atoms with Gasteiger partial charge >= 0.3 is 0 Å². The quantitative estimate of drug-likeness (QED) is 0.861. The van der Waals surface area contributed by atoms with E-state index in [9.17, 15) is 9.90 Å². The second-order valence-corrected chi connectivity index (χ2v) is 4.44. The van der Waals surface area contributed by atoms with Gasteiger partial charge < -0.3 is 14.7 Å². The fourth-order valence-corrected chi connectivity index (χ4v) is 2.31. The van der Waals surface area contributed by atoms with Crippen molar-refractivity contribution in [3.8, 4) is 5.75 Å². The number of carbonyl (C=O) groups excluding carboxylic acids is 1. The molecule has 2 rings (SSSR count). The molecule has 1 saturated heterocycles. The van der Waals surface area contributed by atoms with E-state index in [2.05, 4.69) is 0 Å². The van der Waals surface area contributed by atoms with Crippen LogP contribution >= 0.6 is 0 Å². The van der Waals surface area contributed by atoms with Crippen molar-refractivity contribution in [2.24, 2.45) is 0 Å². The van der Waals surface area contributed by atoms with E-state index in [1.165, 1.54) is 0 Å². The van der Waals surface area contributed by atoms with Crippen LogP contribution in [0.5, 0.6) is 5.75 Å². The normalized spacial score (nSPS) is 19.3. The topological polar surface area (TPSA) is 49.8 Å². The Balaban J connectivity index is 2.15. The van der Waals surface area contributed by atoms with E-state index < -0.39 is 0 Å². The number of ether oxygens (including phenoxy) is 1. The van der Waals surface area contributed by atoms with Crippen LogP contribution in [0, 0.1) is 0 Å². The van der Waals surface area contributed by atoms with Crippen molar-refractivity contribution in [1.82, 2.24) is 4.90 Å². The number of aliphatic hydroxyl groups excluding tert-OH is 1. The van der Waals surface area contributed by atoms with Gasteiger partial charge in [-0.1, -0.05) is 18.2 Å². The van der Waals surface area contributed by atoms with E-state index in [0.29, 0.717) is 19.6 Å². The number of benzene rings is 1. The first-order valence-corrected chi connectivity index (χ1v) is 6.37. The molecule has 98 valence electrons. The second kappa shape index (κ2) is 5.87. The summed E-state index contributed by atoms with van der Waals surface area (Å²) in [5.41, 5.74) is 0.994. The second-order valence-electron chi connectivity index (χ2n) is 4.44. The van der Waals surface area contributed by atoms with Gasteiger partial charge in [0.2, 0.25) is 5.91 Å². The van der Waals surface area contributed by atoms with Gasteiger partial charge in [-0.15, -0.1) is 0 Å². The number of aliphatic hydroxyl groups is 1. The lowest BCUT2D eigenvalue weighted by molar-refractivity contribution is -0.130. The fraction of sp³-hybridized carbons (Fsp3) is 0.500. The van der Waals surface area contributed by atoms with Gasteiger partial charge in [0.1, 0.15) is 5.75 Å². The van der Waals surface area contributed by atoms with Crippen LogP contribution in [0.25, 0.3) is 0 Å². The van der Waals surface area contributed by atoms with Gasteiger partial charge in [0.15, 0.2) is 0 Å². The van der Waals surface area contributed by atoms with Crippen molar-refractivity contribution in [2.75, 3.05) is 13.2 Å². The van der Waals surface area contributed by atoms with Crippen LogP contribution in [0.3, 0.4) is 0 Å². The smallest absolute Gasteiger partial charge is 0.223 e. The first-order chi connectivity index (χ1) is 8.76. The first-order valence-electron chi connectivity index (χ1n) is 6.37. The molecule has 1 aliphatic heterocycles. The number of para-hydroxylation sites is 1. The zero-order chi connectivity index (χ0) is 13.0. The molecule has 0 saturated carbocycles. The Morgan fingerprint density at radius 1 is 1.44 bits per heavy atom. The number of hydrogen-bond donors (Lipinski definition) is 1. The first kappa shape index (κ1) is 12.9. The highest BCUT2D eigenvalue weighted by Crippen LogP contribution is 2.25. The highest BCUT2D eigenvalue weighted by atomic mass is 16.5. The molecule has 0 spiro atoms. The maximum Gasteiger partial charge on any atom is 0.223 e. The van der Waals surface area contributed by atoms with Crippen LogP contribution in [0.4, 0.5) is 0 Å². The van der Waals surface area contributed by atoms with Crippen LogP contribution in [0.1, 0.15) is 25.3 Å². The van der Waals surface area contributed by atoms with E-state index in [4.69, 9.17) is 4.74 Å². The van der Waals surface area contributed by atoms with Crippen LogP contribution < -0.4 is 4.74 Å². The van der Waals surface area contributed by atoms with Crippen molar-refractivity contribution in [3.05, 3.63) is 29.8 Å². The maximum absolute atomic E-state index is 11.8. The molecule has 1 atom stereocenters. The lowest BCUT2D eigenvalue weighted by Crippen LogP contribution is -2.34. The average Bonchev–Trinajstić information content (AvgIpc) is 2.73. The number of rotatable bonds is 5. The minimum absolute atomic E-state index is 0.0303. The Hall–Kier alpha value is -1.55. The predicted octanol–water partition coefficient (Wildman–Crippen LogP) is 1.57. The molecule has 18 heavy (non-hydrogen) atoms. The Kier molecular flexibility index (Phi) is 4.20. The van der Waals surface area contributed by atoms with E-state index in [1.807, 2.05) is 31.2 Å².